The van der Waals surface area contributed by atoms with Crippen molar-refractivity contribution in [2.24, 2.45) is 0 Å². The van der Waals surface area contributed by atoms with Gasteiger partial charge in [-0.1, -0.05) is 24.3 Å². The summed E-state index contributed by atoms with van der Waals surface area (Å²) in [5, 5.41) is 5.26. The molecule has 0 aromatic heterocycles. The van der Waals surface area contributed by atoms with Crippen molar-refractivity contribution in [3.05, 3.63) is 84.4 Å². The predicted molar refractivity (Wildman–Crippen MR) is 125 cm³/mol. The van der Waals surface area contributed by atoms with Crippen LogP contribution in [0.1, 0.15) is 10.4 Å². The molecule has 3 aromatic rings. The van der Waals surface area contributed by atoms with Gasteiger partial charge >= 0.3 is 6.09 Å². The summed E-state index contributed by atoms with van der Waals surface area (Å²) in [6.45, 7) is 0.400. The molecule has 0 aliphatic carbocycles. The van der Waals surface area contributed by atoms with Crippen LogP contribution in [0.15, 0.2) is 83.8 Å². The third kappa shape index (κ3) is 7.06. The molecule has 0 atom stereocenters. The fourth-order valence-electron chi connectivity index (χ4n) is 2.76. The van der Waals surface area contributed by atoms with Gasteiger partial charge in [0.05, 0.1) is 11.5 Å². The molecule has 0 fully saturated rings. The van der Waals surface area contributed by atoms with Gasteiger partial charge in [0.25, 0.3) is 15.9 Å². The normalized spacial score (nSPS) is 10.8. The van der Waals surface area contributed by atoms with Crippen molar-refractivity contribution >= 4 is 39.1 Å². The molecule has 33 heavy (non-hydrogen) atoms. The van der Waals surface area contributed by atoms with Crippen LogP contribution in [0.3, 0.4) is 0 Å². The Morgan fingerprint density at radius 1 is 0.788 bits per heavy atom. The maximum atomic E-state index is 12.6. The van der Waals surface area contributed by atoms with Gasteiger partial charge in [-0.05, 0) is 54.6 Å². The number of para-hydroxylation sites is 1. The van der Waals surface area contributed by atoms with Crippen LogP contribution in [0.2, 0.25) is 0 Å². The van der Waals surface area contributed by atoms with Crippen LogP contribution in [0, 0.1) is 0 Å². The Balaban J connectivity index is 1.62. The molecule has 10 heteroatoms. The van der Waals surface area contributed by atoms with Crippen LogP contribution in [-0.2, 0) is 19.5 Å². The average Bonchev–Trinajstić information content (AvgIpc) is 2.80. The first-order chi connectivity index (χ1) is 15.9. The number of sulfonamides is 1. The van der Waals surface area contributed by atoms with E-state index in [-0.39, 0.29) is 23.7 Å². The predicted octanol–water partition coefficient (Wildman–Crippen LogP) is 3.93. The number of nitrogens with one attached hydrogen (secondary N) is 3. The van der Waals surface area contributed by atoms with Gasteiger partial charge in [-0.2, -0.15) is 0 Å². The number of ether oxygens (including phenoxy) is 2. The first kappa shape index (κ1) is 23.8. The Morgan fingerprint density at radius 2 is 1.42 bits per heavy atom. The van der Waals surface area contributed by atoms with E-state index in [0.717, 1.165) is 0 Å². The fourth-order valence-corrected chi connectivity index (χ4v) is 3.81. The third-order valence-corrected chi connectivity index (χ3v) is 5.74. The summed E-state index contributed by atoms with van der Waals surface area (Å²) >= 11 is 0. The maximum absolute atomic E-state index is 12.6. The van der Waals surface area contributed by atoms with Crippen molar-refractivity contribution in [1.29, 1.82) is 0 Å². The van der Waals surface area contributed by atoms with Gasteiger partial charge in [-0.25, -0.2) is 13.2 Å². The molecule has 0 heterocycles. The minimum absolute atomic E-state index is 0.0288. The van der Waals surface area contributed by atoms with Crippen LogP contribution < -0.4 is 15.4 Å². The second-order valence-electron chi connectivity index (χ2n) is 6.78. The number of methoxy groups -OCH3 is 1. The first-order valence-corrected chi connectivity index (χ1v) is 11.4. The van der Waals surface area contributed by atoms with E-state index in [9.17, 15) is 18.0 Å². The smallest absolute Gasteiger partial charge is 0.411 e. The number of amides is 2. The van der Waals surface area contributed by atoms with E-state index in [0.29, 0.717) is 17.1 Å². The summed E-state index contributed by atoms with van der Waals surface area (Å²) in [7, 11) is -2.28. The van der Waals surface area contributed by atoms with Crippen LogP contribution in [0.5, 0.6) is 0 Å². The van der Waals surface area contributed by atoms with E-state index in [1.54, 1.807) is 54.6 Å². The SMILES string of the molecule is COCCOC(=O)Nc1cccc(NC(=O)c2ccc(S(=O)(=O)Nc3ccccc3)cc2)c1. The highest BCUT2D eigenvalue weighted by Crippen LogP contribution is 2.19. The molecular formula is C23H23N3O6S. The van der Waals surface area contributed by atoms with E-state index < -0.39 is 22.0 Å². The van der Waals surface area contributed by atoms with Gasteiger partial charge < -0.3 is 14.8 Å². The third-order valence-electron chi connectivity index (χ3n) is 4.34. The molecule has 172 valence electrons. The van der Waals surface area contributed by atoms with Crippen molar-refractivity contribution in [2.45, 2.75) is 4.90 Å². The van der Waals surface area contributed by atoms with E-state index >= 15 is 0 Å². The standard InChI is InChI=1S/C23H23N3O6S/c1-31-14-15-32-23(28)25-20-9-5-8-19(16-20)24-22(27)17-10-12-21(13-11-17)33(29,30)26-18-6-3-2-4-7-18/h2-13,16,26H,14-15H2,1H3,(H,24,27)(H,25,28). The molecule has 0 saturated carbocycles. The number of benzene rings is 3. The van der Waals surface area contributed by atoms with Gasteiger partial charge in [-0.3, -0.25) is 14.8 Å². The summed E-state index contributed by atoms with van der Waals surface area (Å²) in [5.41, 5.74) is 1.59. The number of carbonyl (C=O) groups excluding carboxylic acids is 2. The summed E-state index contributed by atoms with van der Waals surface area (Å²) < 4.78 is 37.3. The monoisotopic (exact) mass is 469 g/mol. The van der Waals surface area contributed by atoms with E-state index in [1.165, 1.54) is 31.4 Å². The van der Waals surface area contributed by atoms with Crippen molar-refractivity contribution in [2.75, 3.05) is 35.7 Å². The zero-order valence-electron chi connectivity index (χ0n) is 17.8. The summed E-state index contributed by atoms with van der Waals surface area (Å²) in [5.74, 6) is -0.435. The molecule has 3 aromatic carbocycles. The highest BCUT2D eigenvalue weighted by atomic mass is 32.2. The quantitative estimate of drug-likeness (QED) is 0.408. The molecule has 3 N–H and O–H groups in total. The molecule has 0 saturated heterocycles. The molecule has 0 aliphatic rings. The molecule has 0 unspecified atom stereocenters. The largest absolute Gasteiger partial charge is 0.447 e. The second kappa shape index (κ2) is 11.1. The lowest BCUT2D eigenvalue weighted by atomic mass is 10.2. The molecule has 0 aliphatic heterocycles. The lowest BCUT2D eigenvalue weighted by molar-refractivity contribution is 0.102. The maximum Gasteiger partial charge on any atom is 0.411 e. The van der Waals surface area contributed by atoms with E-state index in [4.69, 9.17) is 9.47 Å². The first-order valence-electron chi connectivity index (χ1n) is 9.89. The number of rotatable bonds is 9. The highest BCUT2D eigenvalue weighted by Gasteiger charge is 2.15. The molecule has 2 amide bonds. The number of hydrogen-bond donors (Lipinski definition) is 3. The van der Waals surface area contributed by atoms with Gasteiger partial charge in [0.15, 0.2) is 0 Å². The lowest BCUT2D eigenvalue weighted by Gasteiger charge is -2.10. The number of hydrogen-bond acceptors (Lipinski definition) is 6. The summed E-state index contributed by atoms with van der Waals surface area (Å²) in [6, 6.07) is 20.6. The summed E-state index contributed by atoms with van der Waals surface area (Å²) in [4.78, 5) is 24.3. The molecule has 3 rings (SSSR count). The number of carbonyl (C=O) groups is 2. The lowest BCUT2D eigenvalue weighted by Crippen LogP contribution is -2.17. The number of anilines is 3. The molecule has 0 radical (unpaired) electrons. The fraction of sp³-hybridized carbons (Fsp3) is 0.130. The average molecular weight is 470 g/mol. The Labute approximate surface area is 191 Å². The zero-order valence-corrected chi connectivity index (χ0v) is 18.6. The van der Waals surface area contributed by atoms with Crippen molar-refractivity contribution in [3.63, 3.8) is 0 Å². The van der Waals surface area contributed by atoms with Crippen molar-refractivity contribution < 1.29 is 27.5 Å². The van der Waals surface area contributed by atoms with Gasteiger partial charge in [0, 0.05) is 29.7 Å². The van der Waals surface area contributed by atoms with E-state index in [2.05, 4.69) is 15.4 Å². The van der Waals surface area contributed by atoms with Gasteiger partial charge in [0.2, 0.25) is 0 Å². The summed E-state index contributed by atoms with van der Waals surface area (Å²) in [6.07, 6.45) is -0.642. The molecule has 9 nitrogen and oxygen atoms in total. The highest BCUT2D eigenvalue weighted by molar-refractivity contribution is 7.92. The van der Waals surface area contributed by atoms with Gasteiger partial charge in [0.1, 0.15) is 6.61 Å². The Bertz CT molecular complexity index is 1200. The second-order valence-corrected chi connectivity index (χ2v) is 8.47. The Morgan fingerprint density at radius 3 is 2.09 bits per heavy atom. The minimum atomic E-state index is -3.78. The van der Waals surface area contributed by atoms with Crippen LogP contribution in [0.4, 0.5) is 21.9 Å². The molecule has 0 bridgehead atoms. The molecular weight excluding hydrogens is 446 g/mol. The topological polar surface area (TPSA) is 123 Å². The van der Waals surface area contributed by atoms with Crippen molar-refractivity contribution in [1.82, 2.24) is 0 Å². The Hall–Kier alpha value is -3.89. The van der Waals surface area contributed by atoms with Crippen molar-refractivity contribution in [3.8, 4) is 0 Å². The van der Waals surface area contributed by atoms with E-state index in [1.807, 2.05) is 0 Å². The van der Waals surface area contributed by atoms with Crippen LogP contribution in [-0.4, -0.2) is 40.7 Å². The van der Waals surface area contributed by atoms with Crippen LogP contribution >= 0.6 is 0 Å². The Kier molecular flexibility index (Phi) is 8.01. The van der Waals surface area contributed by atoms with Crippen LogP contribution in [0.25, 0.3) is 0 Å². The molecule has 0 spiro atoms. The zero-order chi connectivity index (χ0) is 23.7. The minimum Gasteiger partial charge on any atom is -0.447 e. The van der Waals surface area contributed by atoms with Gasteiger partial charge in [-0.15, -0.1) is 0 Å².